The monoisotopic (exact) mass is 615 g/mol. The van der Waals surface area contributed by atoms with Crippen LogP contribution >= 0.6 is 22.9 Å². The normalized spacial score (nSPS) is 15.0. The Hall–Kier alpha value is -3.68. The lowest BCUT2D eigenvalue weighted by molar-refractivity contribution is 0.0526. The van der Waals surface area contributed by atoms with E-state index in [9.17, 15) is 9.59 Å². The molecule has 0 saturated heterocycles. The Labute approximate surface area is 262 Å². The van der Waals surface area contributed by atoms with E-state index in [1.54, 1.807) is 42.5 Å². The van der Waals surface area contributed by atoms with Crippen LogP contribution in [0.15, 0.2) is 59.6 Å². The first-order valence-corrected chi connectivity index (χ1v) is 15.9. The first kappa shape index (κ1) is 30.8. The molecule has 0 aliphatic heterocycles. The number of carbonyl (C=O) groups is 2. The molecule has 1 N–H and O–H groups in total. The van der Waals surface area contributed by atoms with E-state index >= 15 is 0 Å². The highest BCUT2D eigenvalue weighted by Crippen LogP contribution is 2.45. The molecule has 224 valence electrons. The van der Waals surface area contributed by atoms with Crippen LogP contribution in [0.3, 0.4) is 0 Å². The van der Waals surface area contributed by atoms with Gasteiger partial charge < -0.3 is 14.6 Å². The van der Waals surface area contributed by atoms with Crippen molar-refractivity contribution in [1.82, 2.24) is 4.57 Å². The number of aliphatic imine (C=N–C) groups is 1. The van der Waals surface area contributed by atoms with Gasteiger partial charge in [-0.15, -0.1) is 11.3 Å². The zero-order valence-corrected chi connectivity index (χ0v) is 27.2. The van der Waals surface area contributed by atoms with Gasteiger partial charge in [-0.3, -0.25) is 4.79 Å². The molecule has 2 aromatic carbocycles. The third-order valence-corrected chi connectivity index (χ3v) is 9.64. The van der Waals surface area contributed by atoms with Crippen molar-refractivity contribution >= 4 is 51.7 Å². The number of aryl methyl sites for hydroxylation is 1. The molecule has 8 heteroatoms. The number of hydrogen-bond donors (Lipinski definition) is 1. The van der Waals surface area contributed by atoms with Crippen molar-refractivity contribution in [2.45, 2.75) is 60.8 Å². The number of carbonyl (C=O) groups excluding carboxylic acids is 2. The van der Waals surface area contributed by atoms with E-state index in [1.165, 1.54) is 4.88 Å². The van der Waals surface area contributed by atoms with Gasteiger partial charge in [0.1, 0.15) is 5.00 Å². The summed E-state index contributed by atoms with van der Waals surface area (Å²) in [7, 11) is 0. The van der Waals surface area contributed by atoms with E-state index in [0.717, 1.165) is 52.5 Å². The Morgan fingerprint density at radius 2 is 1.81 bits per heavy atom. The second-order valence-corrected chi connectivity index (χ2v) is 13.7. The second-order valence-electron chi connectivity index (χ2n) is 12.1. The Bertz CT molecular complexity index is 1680. The quantitative estimate of drug-likeness (QED) is 0.166. The highest BCUT2D eigenvalue weighted by molar-refractivity contribution is 7.16. The molecular weight excluding hydrogens is 578 g/mol. The first-order chi connectivity index (χ1) is 20.5. The number of benzene rings is 2. The smallest absolute Gasteiger partial charge is 0.338 e. The zero-order valence-electron chi connectivity index (χ0n) is 25.6. The Kier molecular flexibility index (Phi) is 8.95. The van der Waals surface area contributed by atoms with Crippen molar-refractivity contribution in [3.05, 3.63) is 98.1 Å². The van der Waals surface area contributed by atoms with Crippen LogP contribution in [0, 0.1) is 25.2 Å². The van der Waals surface area contributed by atoms with Crippen molar-refractivity contribution in [1.29, 1.82) is 0 Å². The molecule has 43 heavy (non-hydrogen) atoms. The van der Waals surface area contributed by atoms with Gasteiger partial charge in [-0.25, -0.2) is 9.79 Å². The number of anilines is 1. The molecule has 0 radical (unpaired) electrons. The van der Waals surface area contributed by atoms with Gasteiger partial charge in [0.05, 0.1) is 17.7 Å². The lowest BCUT2D eigenvalue weighted by Gasteiger charge is -2.33. The highest BCUT2D eigenvalue weighted by Gasteiger charge is 2.33. The predicted octanol–water partition coefficient (Wildman–Crippen LogP) is 9.14. The molecule has 1 amide bonds. The summed E-state index contributed by atoms with van der Waals surface area (Å²) in [6, 6.07) is 16.7. The third-order valence-electron chi connectivity index (χ3n) is 8.23. The molecule has 0 bridgehead atoms. The van der Waals surface area contributed by atoms with Gasteiger partial charge in [0, 0.05) is 44.4 Å². The summed E-state index contributed by atoms with van der Waals surface area (Å²) < 4.78 is 7.26. The molecule has 2 aromatic heterocycles. The average Bonchev–Trinajstić information content (AvgIpc) is 3.48. The van der Waals surface area contributed by atoms with E-state index < -0.39 is 0 Å². The SMILES string of the molecule is CCOC(=O)c1ccc(-n2c(C)cc(C=Nc3sc4c(c3C(=O)Nc3ccc(Cl)cc3)CC[C@@H](C(C)(C)C)C4)c2C)cc1. The fourth-order valence-corrected chi connectivity index (χ4v) is 7.16. The second kappa shape index (κ2) is 12.5. The highest BCUT2D eigenvalue weighted by atomic mass is 35.5. The molecule has 4 aromatic rings. The van der Waals surface area contributed by atoms with Gasteiger partial charge in [0.2, 0.25) is 0 Å². The minimum atomic E-state index is -0.328. The molecule has 2 heterocycles. The number of rotatable bonds is 7. The molecule has 0 spiro atoms. The van der Waals surface area contributed by atoms with Crippen LogP contribution in [0.5, 0.6) is 0 Å². The molecule has 5 rings (SSSR count). The van der Waals surface area contributed by atoms with E-state index in [0.29, 0.717) is 34.4 Å². The number of fused-ring (bicyclic) bond motifs is 1. The summed E-state index contributed by atoms with van der Waals surface area (Å²) in [6.07, 6.45) is 4.73. The molecule has 0 unspecified atom stereocenters. The molecule has 1 aliphatic carbocycles. The Balaban J connectivity index is 1.48. The number of ether oxygens (including phenoxy) is 1. The third kappa shape index (κ3) is 6.63. The first-order valence-electron chi connectivity index (χ1n) is 14.7. The topological polar surface area (TPSA) is 72.7 Å². The maximum atomic E-state index is 13.7. The molecule has 1 atom stereocenters. The fraction of sp³-hybridized carbons (Fsp3) is 0.343. The van der Waals surface area contributed by atoms with Gasteiger partial charge in [0.15, 0.2) is 0 Å². The predicted molar refractivity (Wildman–Crippen MR) is 177 cm³/mol. The molecule has 0 fully saturated rings. The van der Waals surface area contributed by atoms with Crippen LogP contribution in [-0.2, 0) is 17.6 Å². The maximum absolute atomic E-state index is 13.7. The van der Waals surface area contributed by atoms with Crippen LogP contribution in [0.1, 0.15) is 82.2 Å². The standard InChI is InChI=1S/C35H38ClN3O3S/c1-7-42-34(41)23-8-15-28(16-9-23)39-21(2)18-24(22(39)3)20-37-33-31(32(40)38-27-13-11-26(36)12-14-27)29-17-10-25(35(4,5)6)19-30(29)43-33/h8-9,11-16,18,20,25H,7,10,17,19H2,1-6H3,(H,38,40)/t25-/m1/s1. The number of esters is 1. The van der Waals surface area contributed by atoms with Crippen molar-refractivity contribution in [3.63, 3.8) is 0 Å². The molecule has 6 nitrogen and oxygen atoms in total. The number of nitrogens with one attached hydrogen (secondary N) is 1. The number of halogens is 1. The van der Waals surface area contributed by atoms with Gasteiger partial charge in [-0.1, -0.05) is 32.4 Å². The van der Waals surface area contributed by atoms with Crippen molar-refractivity contribution < 1.29 is 14.3 Å². The van der Waals surface area contributed by atoms with Gasteiger partial charge >= 0.3 is 5.97 Å². The van der Waals surface area contributed by atoms with Gasteiger partial charge in [0.25, 0.3) is 5.91 Å². The van der Waals surface area contributed by atoms with Crippen molar-refractivity contribution in [2.75, 3.05) is 11.9 Å². The van der Waals surface area contributed by atoms with Crippen molar-refractivity contribution in [3.8, 4) is 5.69 Å². The summed E-state index contributed by atoms with van der Waals surface area (Å²) in [5, 5.41) is 4.42. The Morgan fingerprint density at radius 3 is 2.47 bits per heavy atom. The van der Waals surface area contributed by atoms with Crippen LogP contribution in [-0.4, -0.2) is 29.3 Å². The van der Waals surface area contributed by atoms with E-state index in [4.69, 9.17) is 21.3 Å². The van der Waals surface area contributed by atoms with Crippen molar-refractivity contribution in [2.24, 2.45) is 16.3 Å². The minimum absolute atomic E-state index is 0.145. The summed E-state index contributed by atoms with van der Waals surface area (Å²) in [6.45, 7) is 13.1. The van der Waals surface area contributed by atoms with Gasteiger partial charge in [-0.2, -0.15) is 0 Å². The summed E-state index contributed by atoms with van der Waals surface area (Å²) in [5.41, 5.74) is 7.19. The number of amides is 1. The lowest BCUT2D eigenvalue weighted by Crippen LogP contribution is -2.27. The zero-order chi connectivity index (χ0) is 30.9. The minimum Gasteiger partial charge on any atom is -0.462 e. The lowest BCUT2D eigenvalue weighted by atomic mass is 9.72. The number of nitrogens with zero attached hydrogens (tertiary/aromatic N) is 2. The van der Waals surface area contributed by atoms with E-state index in [2.05, 4.69) is 43.6 Å². The summed E-state index contributed by atoms with van der Waals surface area (Å²) in [5.74, 6) is 0.0799. The Morgan fingerprint density at radius 1 is 1.12 bits per heavy atom. The van der Waals surface area contributed by atoms with Crippen LogP contribution in [0.4, 0.5) is 10.7 Å². The van der Waals surface area contributed by atoms with Crippen LogP contribution in [0.2, 0.25) is 5.02 Å². The summed E-state index contributed by atoms with van der Waals surface area (Å²) >= 11 is 7.70. The fourth-order valence-electron chi connectivity index (χ4n) is 5.77. The average molecular weight is 616 g/mol. The molecule has 0 saturated carbocycles. The van der Waals surface area contributed by atoms with E-state index in [1.807, 2.05) is 37.4 Å². The largest absolute Gasteiger partial charge is 0.462 e. The van der Waals surface area contributed by atoms with Crippen LogP contribution in [0.25, 0.3) is 5.69 Å². The van der Waals surface area contributed by atoms with Gasteiger partial charge in [-0.05, 0) is 112 Å². The maximum Gasteiger partial charge on any atom is 0.338 e. The molecular formula is C35H38ClN3O3S. The number of hydrogen-bond acceptors (Lipinski definition) is 5. The molecule has 1 aliphatic rings. The number of thiophene rings is 1. The summed E-state index contributed by atoms with van der Waals surface area (Å²) in [4.78, 5) is 32.0. The number of aromatic nitrogens is 1. The van der Waals surface area contributed by atoms with E-state index in [-0.39, 0.29) is 17.3 Å². The van der Waals surface area contributed by atoms with Crippen LogP contribution < -0.4 is 5.32 Å².